The molecule has 1 radical (unpaired) electrons. The number of hydrogen-bond acceptors (Lipinski definition) is 1. The molecular weight excluding hydrogens is 100 g/mol. The van der Waals surface area contributed by atoms with E-state index in [0.717, 1.165) is 26.1 Å². The molecular formula is C7H11O. The normalized spacial score (nSPS) is 8.50. The molecule has 0 heterocycles. The van der Waals surface area contributed by atoms with Crippen molar-refractivity contribution in [2.75, 3.05) is 13.2 Å². The minimum absolute atomic E-state index is 0.722. The van der Waals surface area contributed by atoms with Crippen molar-refractivity contribution in [2.45, 2.75) is 19.8 Å². The van der Waals surface area contributed by atoms with E-state index < -0.39 is 0 Å². The van der Waals surface area contributed by atoms with Gasteiger partial charge >= 0.3 is 0 Å². The molecule has 0 aromatic carbocycles. The average Bonchev–Trinajstić information content (AvgIpc) is 1.81. The Balaban J connectivity index is 2.65. The SMILES string of the molecule is [C]#CCCCOCC. The Morgan fingerprint density at radius 3 is 2.88 bits per heavy atom. The van der Waals surface area contributed by atoms with Gasteiger partial charge in [0.2, 0.25) is 0 Å². The standard InChI is InChI=1S/C7H11O/c1-3-5-6-7-8-4-2/h4-7H2,2H3. The fourth-order valence-electron chi connectivity index (χ4n) is 0.407. The zero-order valence-electron chi connectivity index (χ0n) is 5.24. The summed E-state index contributed by atoms with van der Waals surface area (Å²) in [6.07, 6.45) is 8.18. The van der Waals surface area contributed by atoms with Crippen molar-refractivity contribution >= 4 is 0 Å². The van der Waals surface area contributed by atoms with Gasteiger partial charge in [0.1, 0.15) is 0 Å². The number of hydrogen-bond donors (Lipinski definition) is 0. The van der Waals surface area contributed by atoms with Crippen LogP contribution in [0.25, 0.3) is 0 Å². The largest absolute Gasteiger partial charge is 0.382 e. The molecule has 0 amide bonds. The van der Waals surface area contributed by atoms with Gasteiger partial charge in [-0.05, 0) is 19.8 Å². The van der Waals surface area contributed by atoms with Crippen LogP contribution >= 0.6 is 0 Å². The third kappa shape index (κ3) is 5.52. The Morgan fingerprint density at radius 1 is 1.62 bits per heavy atom. The topological polar surface area (TPSA) is 9.23 Å². The highest BCUT2D eigenvalue weighted by molar-refractivity contribution is 4.73. The highest BCUT2D eigenvalue weighted by Gasteiger charge is 1.80. The number of ether oxygens (including phenoxy) is 1. The molecule has 0 fully saturated rings. The first-order chi connectivity index (χ1) is 3.91. The summed E-state index contributed by atoms with van der Waals surface area (Å²) < 4.78 is 5.01. The molecule has 0 bridgehead atoms. The Labute approximate surface area is 51.0 Å². The van der Waals surface area contributed by atoms with E-state index in [9.17, 15) is 0 Å². The van der Waals surface area contributed by atoms with E-state index in [4.69, 9.17) is 11.2 Å². The average molecular weight is 111 g/mol. The molecule has 0 saturated carbocycles. The number of rotatable bonds is 4. The van der Waals surface area contributed by atoms with Gasteiger partial charge in [-0.3, -0.25) is 0 Å². The molecule has 0 aromatic heterocycles. The summed E-state index contributed by atoms with van der Waals surface area (Å²) in [6, 6.07) is 0. The minimum atomic E-state index is 0.722. The second kappa shape index (κ2) is 6.52. The van der Waals surface area contributed by atoms with Gasteiger partial charge in [0, 0.05) is 19.6 Å². The summed E-state index contributed by atoms with van der Waals surface area (Å²) in [7, 11) is 0. The van der Waals surface area contributed by atoms with Crippen molar-refractivity contribution in [3.05, 3.63) is 6.42 Å². The summed E-state index contributed by atoms with van der Waals surface area (Å²) in [4.78, 5) is 0. The van der Waals surface area contributed by atoms with Crippen molar-refractivity contribution < 1.29 is 4.74 Å². The summed E-state index contributed by atoms with van der Waals surface area (Å²) in [5.74, 6) is 2.30. The summed E-state index contributed by atoms with van der Waals surface area (Å²) >= 11 is 0. The Hall–Kier alpha value is -0.480. The maximum Gasteiger partial charge on any atom is 0.0474 e. The summed E-state index contributed by atoms with van der Waals surface area (Å²) in [5, 5.41) is 0. The monoisotopic (exact) mass is 111 g/mol. The Morgan fingerprint density at radius 2 is 2.38 bits per heavy atom. The van der Waals surface area contributed by atoms with Crippen LogP contribution in [0.15, 0.2) is 0 Å². The van der Waals surface area contributed by atoms with Crippen LogP contribution in [-0.2, 0) is 4.74 Å². The zero-order valence-corrected chi connectivity index (χ0v) is 5.24. The molecule has 0 spiro atoms. The van der Waals surface area contributed by atoms with Crippen LogP contribution in [0.4, 0.5) is 0 Å². The molecule has 1 nitrogen and oxygen atoms in total. The van der Waals surface area contributed by atoms with E-state index in [2.05, 4.69) is 5.92 Å². The lowest BCUT2D eigenvalue weighted by atomic mass is 10.3. The highest BCUT2D eigenvalue weighted by Crippen LogP contribution is 1.85. The van der Waals surface area contributed by atoms with Gasteiger partial charge < -0.3 is 4.74 Å². The second-order valence-electron chi connectivity index (χ2n) is 1.48. The van der Waals surface area contributed by atoms with Crippen LogP contribution < -0.4 is 0 Å². The van der Waals surface area contributed by atoms with Crippen LogP contribution in [-0.4, -0.2) is 13.2 Å². The quantitative estimate of drug-likeness (QED) is 0.393. The zero-order chi connectivity index (χ0) is 6.24. The maximum atomic E-state index is 6.53. The Kier molecular flexibility index (Phi) is 6.13. The van der Waals surface area contributed by atoms with Crippen LogP contribution in [0.1, 0.15) is 19.8 Å². The molecule has 0 aromatic rings. The first-order valence-corrected chi connectivity index (χ1v) is 2.89. The molecule has 0 N–H and O–H groups in total. The summed E-state index contributed by atoms with van der Waals surface area (Å²) in [5.41, 5.74) is 0. The molecule has 0 unspecified atom stereocenters. The predicted octanol–water partition coefficient (Wildman–Crippen LogP) is 1.39. The molecule has 0 aliphatic heterocycles. The molecule has 0 saturated heterocycles. The lowest BCUT2D eigenvalue weighted by Crippen LogP contribution is -1.91. The maximum absolute atomic E-state index is 6.53. The third-order valence-electron chi connectivity index (χ3n) is 0.795. The van der Waals surface area contributed by atoms with E-state index in [0.29, 0.717) is 0 Å². The van der Waals surface area contributed by atoms with Gasteiger partial charge in [-0.1, -0.05) is 5.92 Å². The molecule has 8 heavy (non-hydrogen) atoms. The van der Waals surface area contributed by atoms with Gasteiger partial charge in [0.25, 0.3) is 0 Å². The molecule has 0 aliphatic rings. The number of unbranched alkanes of at least 4 members (excludes halogenated alkanes) is 1. The van der Waals surface area contributed by atoms with E-state index in [1.54, 1.807) is 0 Å². The van der Waals surface area contributed by atoms with Crippen molar-refractivity contribution in [1.82, 2.24) is 0 Å². The van der Waals surface area contributed by atoms with Crippen LogP contribution in [0.2, 0.25) is 0 Å². The van der Waals surface area contributed by atoms with Crippen molar-refractivity contribution in [3.8, 4) is 5.92 Å². The fraction of sp³-hybridized carbons (Fsp3) is 0.714. The smallest absolute Gasteiger partial charge is 0.0474 e. The minimum Gasteiger partial charge on any atom is -0.382 e. The van der Waals surface area contributed by atoms with Gasteiger partial charge in [-0.15, -0.1) is 0 Å². The molecule has 0 rings (SSSR count). The van der Waals surface area contributed by atoms with Gasteiger partial charge in [0.15, 0.2) is 0 Å². The third-order valence-corrected chi connectivity index (χ3v) is 0.795. The lowest BCUT2D eigenvalue weighted by Gasteiger charge is -1.94. The first kappa shape index (κ1) is 7.52. The highest BCUT2D eigenvalue weighted by atomic mass is 16.5. The van der Waals surface area contributed by atoms with E-state index in [1.165, 1.54) is 0 Å². The molecule has 45 valence electrons. The van der Waals surface area contributed by atoms with Gasteiger partial charge in [-0.25, -0.2) is 0 Å². The van der Waals surface area contributed by atoms with Crippen molar-refractivity contribution in [1.29, 1.82) is 0 Å². The summed E-state index contributed by atoms with van der Waals surface area (Å²) in [6.45, 7) is 3.51. The molecule has 1 heteroatoms. The van der Waals surface area contributed by atoms with Crippen LogP contribution in [0.3, 0.4) is 0 Å². The van der Waals surface area contributed by atoms with E-state index in [1.807, 2.05) is 6.92 Å². The molecule has 0 aliphatic carbocycles. The molecule has 0 atom stereocenters. The van der Waals surface area contributed by atoms with Crippen molar-refractivity contribution in [3.63, 3.8) is 0 Å². The predicted molar refractivity (Wildman–Crippen MR) is 32.9 cm³/mol. The van der Waals surface area contributed by atoms with Gasteiger partial charge in [-0.2, -0.15) is 0 Å². The van der Waals surface area contributed by atoms with Crippen LogP contribution in [0, 0.1) is 12.3 Å². The van der Waals surface area contributed by atoms with Crippen LogP contribution in [0.5, 0.6) is 0 Å². The van der Waals surface area contributed by atoms with E-state index in [-0.39, 0.29) is 0 Å². The first-order valence-electron chi connectivity index (χ1n) is 2.89. The lowest BCUT2D eigenvalue weighted by molar-refractivity contribution is 0.146. The fourth-order valence-corrected chi connectivity index (χ4v) is 0.407. The van der Waals surface area contributed by atoms with E-state index >= 15 is 0 Å². The second-order valence-corrected chi connectivity index (χ2v) is 1.48. The van der Waals surface area contributed by atoms with Crippen molar-refractivity contribution in [2.24, 2.45) is 0 Å². The van der Waals surface area contributed by atoms with Gasteiger partial charge in [0.05, 0.1) is 0 Å². The Bertz CT molecular complexity index is 70.9.